The van der Waals surface area contributed by atoms with Crippen molar-refractivity contribution >= 4 is 17.9 Å². The summed E-state index contributed by atoms with van der Waals surface area (Å²) >= 11 is 0. The molecule has 2 heterocycles. The third-order valence-corrected chi connectivity index (χ3v) is 8.53. The molecule has 52 heavy (non-hydrogen) atoms. The highest BCUT2D eigenvalue weighted by Gasteiger charge is 2.55. The van der Waals surface area contributed by atoms with Gasteiger partial charge in [-0.1, -0.05) is 68.2 Å². The summed E-state index contributed by atoms with van der Waals surface area (Å²) < 4.78 is 53.2. The summed E-state index contributed by atoms with van der Waals surface area (Å²) in [5.41, 5.74) is 10.0. The maximum atomic E-state index is 13.5. The fourth-order valence-electron chi connectivity index (χ4n) is 5.78. The zero-order valence-electron chi connectivity index (χ0n) is 29.7. The van der Waals surface area contributed by atoms with Crippen LogP contribution in [0.3, 0.4) is 0 Å². The van der Waals surface area contributed by atoms with E-state index in [1.807, 2.05) is 13.8 Å². The highest BCUT2D eigenvalue weighted by molar-refractivity contribution is 5.90. The number of methoxy groups -OCH3 is 2. The van der Waals surface area contributed by atoms with Crippen LogP contribution in [0, 0.1) is 0 Å². The van der Waals surface area contributed by atoms with E-state index in [1.165, 1.54) is 7.11 Å². The van der Waals surface area contributed by atoms with Crippen LogP contribution in [-0.4, -0.2) is 118 Å². The molecule has 0 spiro atoms. The Kier molecular flexibility index (Phi) is 16.3. The van der Waals surface area contributed by atoms with Gasteiger partial charge < -0.3 is 47.7 Å². The molecule has 10 atom stereocenters. The normalized spacial score (nSPS) is 28.6. The molecule has 0 saturated carbocycles. The number of aliphatic hydroxyl groups excluding tert-OH is 1. The van der Waals surface area contributed by atoms with E-state index in [1.54, 1.807) is 60.7 Å². The van der Waals surface area contributed by atoms with Gasteiger partial charge in [-0.05, 0) is 42.6 Å². The first kappa shape index (κ1) is 40.6. The number of carbonyl (C=O) groups excluding carboxylic acids is 3. The van der Waals surface area contributed by atoms with Gasteiger partial charge in [0.25, 0.3) is 0 Å². The lowest BCUT2D eigenvalue weighted by molar-refractivity contribution is -0.345. The summed E-state index contributed by atoms with van der Waals surface area (Å²) in [6.07, 6.45) is -9.66. The van der Waals surface area contributed by atoms with E-state index in [0.717, 1.165) is 20.0 Å². The summed E-state index contributed by atoms with van der Waals surface area (Å²) in [5.74, 6) is -2.38. The lowest BCUT2D eigenvalue weighted by Gasteiger charge is -2.48. The largest absolute Gasteiger partial charge is 0.467 e. The SMILES string of the molecule is CCCCOC1C(OC(=O)c2ccccc2)[C@H](O[C@@H]2C(COC(=O)c3ccccc3)O[C@H](OC)C(N=[N+]=[N-])C2OCCCC)OC(C(=O)OC)[C@H]1O. The molecule has 2 saturated heterocycles. The van der Waals surface area contributed by atoms with Crippen LogP contribution in [-0.2, 0) is 47.4 Å². The van der Waals surface area contributed by atoms with Crippen molar-refractivity contribution in [2.45, 2.75) is 101 Å². The maximum Gasteiger partial charge on any atom is 0.338 e. The van der Waals surface area contributed by atoms with Crippen LogP contribution >= 0.6 is 0 Å². The molecule has 16 nitrogen and oxygen atoms in total. The van der Waals surface area contributed by atoms with Crippen LogP contribution in [0.25, 0.3) is 10.4 Å². The highest BCUT2D eigenvalue weighted by Crippen LogP contribution is 2.35. The van der Waals surface area contributed by atoms with Crippen molar-refractivity contribution in [3.63, 3.8) is 0 Å². The number of aliphatic hydroxyl groups is 1. The molecule has 1 N–H and O–H groups in total. The van der Waals surface area contributed by atoms with Gasteiger partial charge in [0.1, 0.15) is 37.1 Å². The Morgan fingerprint density at radius 3 is 1.96 bits per heavy atom. The van der Waals surface area contributed by atoms with E-state index in [2.05, 4.69) is 10.0 Å². The topological polar surface area (TPSA) is 203 Å². The number of azide groups is 1. The molecule has 0 bridgehead atoms. The Hall–Kier alpha value is -4.12. The molecule has 284 valence electrons. The zero-order chi connectivity index (χ0) is 37.5. The van der Waals surface area contributed by atoms with Gasteiger partial charge in [-0.3, -0.25) is 0 Å². The van der Waals surface area contributed by atoms with Gasteiger partial charge in [-0.2, -0.15) is 0 Å². The number of hydrogen-bond acceptors (Lipinski definition) is 14. The van der Waals surface area contributed by atoms with Crippen molar-refractivity contribution in [1.82, 2.24) is 0 Å². The highest BCUT2D eigenvalue weighted by atomic mass is 16.8. The molecule has 0 amide bonds. The van der Waals surface area contributed by atoms with Crippen molar-refractivity contribution in [1.29, 1.82) is 0 Å². The molecule has 2 fully saturated rings. The minimum absolute atomic E-state index is 0.139. The van der Waals surface area contributed by atoms with Crippen molar-refractivity contribution in [3.8, 4) is 0 Å². The zero-order valence-corrected chi connectivity index (χ0v) is 29.7. The van der Waals surface area contributed by atoms with Gasteiger partial charge in [-0.15, -0.1) is 0 Å². The first-order valence-corrected chi connectivity index (χ1v) is 17.3. The molecule has 2 aliphatic rings. The van der Waals surface area contributed by atoms with Crippen LogP contribution in [0.2, 0.25) is 0 Å². The van der Waals surface area contributed by atoms with Crippen molar-refractivity contribution in [2.24, 2.45) is 5.11 Å². The third-order valence-electron chi connectivity index (χ3n) is 8.53. The van der Waals surface area contributed by atoms with Crippen molar-refractivity contribution in [2.75, 3.05) is 34.0 Å². The third kappa shape index (κ3) is 10.5. The number of ether oxygens (including phenoxy) is 9. The smallest absolute Gasteiger partial charge is 0.338 e. The minimum Gasteiger partial charge on any atom is -0.467 e. The van der Waals surface area contributed by atoms with E-state index < -0.39 is 85.9 Å². The minimum atomic E-state index is -1.65. The van der Waals surface area contributed by atoms with E-state index in [4.69, 9.17) is 42.6 Å². The molecule has 2 aromatic rings. The van der Waals surface area contributed by atoms with Crippen molar-refractivity contribution in [3.05, 3.63) is 82.2 Å². The average molecular weight is 730 g/mol. The Labute approximate surface area is 302 Å². The van der Waals surface area contributed by atoms with Crippen LogP contribution in [0.15, 0.2) is 65.8 Å². The number of rotatable bonds is 18. The molecular formula is C36H47N3O13. The lowest BCUT2D eigenvalue weighted by Crippen LogP contribution is -2.66. The van der Waals surface area contributed by atoms with E-state index in [-0.39, 0.29) is 24.3 Å². The summed E-state index contributed by atoms with van der Waals surface area (Å²) in [5, 5.41) is 15.3. The second kappa shape index (κ2) is 20.8. The summed E-state index contributed by atoms with van der Waals surface area (Å²) in [4.78, 5) is 42.5. The number of benzene rings is 2. The summed E-state index contributed by atoms with van der Waals surface area (Å²) in [7, 11) is 2.48. The Morgan fingerprint density at radius 2 is 1.40 bits per heavy atom. The summed E-state index contributed by atoms with van der Waals surface area (Å²) in [6, 6.07) is 15.3. The number of nitrogens with zero attached hydrogens (tertiary/aromatic N) is 3. The fourth-order valence-corrected chi connectivity index (χ4v) is 5.78. The lowest BCUT2D eigenvalue weighted by atomic mass is 9.95. The molecule has 2 aromatic carbocycles. The van der Waals surface area contributed by atoms with Gasteiger partial charge in [0.05, 0.1) is 24.3 Å². The van der Waals surface area contributed by atoms with Gasteiger partial charge in [-0.25, -0.2) is 14.4 Å². The van der Waals surface area contributed by atoms with Crippen LogP contribution in [0.4, 0.5) is 0 Å². The molecule has 6 unspecified atom stereocenters. The Balaban J connectivity index is 1.77. The van der Waals surface area contributed by atoms with Gasteiger partial charge in [0.15, 0.2) is 24.8 Å². The maximum absolute atomic E-state index is 13.5. The van der Waals surface area contributed by atoms with Crippen LogP contribution < -0.4 is 0 Å². The van der Waals surface area contributed by atoms with E-state index in [0.29, 0.717) is 12.8 Å². The second-order valence-corrected chi connectivity index (χ2v) is 12.1. The monoisotopic (exact) mass is 729 g/mol. The average Bonchev–Trinajstić information content (AvgIpc) is 3.17. The first-order valence-electron chi connectivity index (χ1n) is 17.3. The van der Waals surface area contributed by atoms with E-state index >= 15 is 0 Å². The Bertz CT molecular complexity index is 1460. The molecule has 0 aromatic heterocycles. The first-order chi connectivity index (χ1) is 25.3. The Morgan fingerprint density at radius 1 is 0.808 bits per heavy atom. The molecule has 4 rings (SSSR count). The number of hydrogen-bond donors (Lipinski definition) is 1. The number of esters is 3. The molecule has 2 aliphatic heterocycles. The second-order valence-electron chi connectivity index (χ2n) is 12.1. The molecule has 0 aliphatic carbocycles. The van der Waals surface area contributed by atoms with Gasteiger partial charge in [0, 0.05) is 25.2 Å². The summed E-state index contributed by atoms with van der Waals surface area (Å²) in [6.45, 7) is 3.86. The predicted octanol–water partition coefficient (Wildman–Crippen LogP) is 4.13. The van der Waals surface area contributed by atoms with E-state index in [9.17, 15) is 25.0 Å². The predicted molar refractivity (Wildman–Crippen MR) is 182 cm³/mol. The standard InChI is InChI=1S/C36H47N3O13/c1-5-7-19-46-28-25(38-39-37)35(45-4)49-24(21-48-32(41)22-15-11-9-12-16-22)27(28)51-36-31(50-33(42)23-17-13-10-14-18-23)29(47-20-8-6-2)26(40)30(52-36)34(43)44-3/h9-18,24-31,35-36,40H,5-8,19-21H2,1-4H3/t24?,25?,26-,27+,28?,29?,30?,31?,35-,36+/m0/s1. The van der Waals surface area contributed by atoms with Crippen molar-refractivity contribution < 1.29 is 62.1 Å². The number of carbonyl (C=O) groups is 3. The molecule has 16 heteroatoms. The fraction of sp³-hybridized carbons (Fsp3) is 0.583. The number of unbranched alkanes of at least 4 members (excludes halogenated alkanes) is 2. The quantitative estimate of drug-likeness (QED) is 0.0573. The van der Waals surface area contributed by atoms with Crippen LogP contribution in [0.5, 0.6) is 0 Å². The van der Waals surface area contributed by atoms with Crippen LogP contribution in [0.1, 0.15) is 60.2 Å². The molecule has 0 radical (unpaired) electrons. The van der Waals surface area contributed by atoms with Gasteiger partial charge >= 0.3 is 17.9 Å². The van der Waals surface area contributed by atoms with Gasteiger partial charge in [0.2, 0.25) is 0 Å². The molecular weight excluding hydrogens is 682 g/mol.